The Kier molecular flexibility index (Phi) is 4.43. The number of methoxy groups -OCH3 is 1. The fourth-order valence-electron chi connectivity index (χ4n) is 3.20. The number of benzene rings is 1. The van der Waals surface area contributed by atoms with Crippen molar-refractivity contribution < 1.29 is 4.74 Å². The van der Waals surface area contributed by atoms with E-state index in [1.165, 1.54) is 11.3 Å². The lowest BCUT2D eigenvalue weighted by molar-refractivity contribution is 0.415. The summed E-state index contributed by atoms with van der Waals surface area (Å²) in [7, 11) is 7.50. The predicted octanol–water partition coefficient (Wildman–Crippen LogP) is 2.09. The summed E-state index contributed by atoms with van der Waals surface area (Å²) in [5, 5.41) is 0.914. The molecule has 4 rings (SSSR count). The number of ether oxygens (including phenoxy) is 1. The predicted molar refractivity (Wildman–Crippen MR) is 117 cm³/mol. The van der Waals surface area contributed by atoms with E-state index in [0.717, 1.165) is 37.3 Å². The first-order valence-corrected chi connectivity index (χ1v) is 9.84. The average molecular weight is 443 g/mol. The van der Waals surface area contributed by atoms with E-state index in [4.69, 9.17) is 4.74 Å². The number of nitrogens with zero attached hydrogens (tertiary/aromatic N) is 4. The van der Waals surface area contributed by atoms with Crippen LogP contribution in [0.25, 0.3) is 26.1 Å². The molecule has 0 unspecified atom stereocenters. The van der Waals surface area contributed by atoms with Crippen LogP contribution >= 0.6 is 27.3 Å². The minimum atomic E-state index is -0.110. The highest BCUT2D eigenvalue weighted by Crippen LogP contribution is 2.35. The molecule has 6 nitrogen and oxygen atoms in total. The highest BCUT2D eigenvalue weighted by Gasteiger charge is 2.18. The van der Waals surface area contributed by atoms with E-state index in [2.05, 4.69) is 25.9 Å². The van der Waals surface area contributed by atoms with Gasteiger partial charge < -0.3 is 9.64 Å². The summed E-state index contributed by atoms with van der Waals surface area (Å²) in [5.74, 6) is 0.729. The number of hydrogen-bond donors (Lipinski definition) is 0. The molecule has 0 aliphatic carbocycles. The smallest absolute Gasteiger partial charge is 0.275 e. The molecule has 0 N–H and O–H groups in total. The number of fused-ring (bicyclic) bond motifs is 3. The van der Waals surface area contributed by atoms with Gasteiger partial charge in [-0.15, -0.1) is 11.3 Å². The Balaban J connectivity index is 2.04. The van der Waals surface area contributed by atoms with E-state index in [1.807, 2.05) is 45.0 Å². The first kappa shape index (κ1) is 18.0. The van der Waals surface area contributed by atoms with Gasteiger partial charge in [0.05, 0.1) is 29.4 Å². The topological polar surface area (TPSA) is 60.2 Å². The van der Waals surface area contributed by atoms with Crippen molar-refractivity contribution in [2.75, 3.05) is 26.1 Å². The van der Waals surface area contributed by atoms with Crippen molar-refractivity contribution in [2.24, 2.45) is 0 Å². The number of halogens is 1. The standard InChI is InChI=1S/C18H16BBrN4O2S/c1-23(2)12-4-5-21-17-13(12)14-16(27-17)18(25)24(8-22-14)15-10(19)6-9(26-3)7-11(15)20/h4-8H,19H2,1-3H3. The minimum absolute atomic E-state index is 0.110. The van der Waals surface area contributed by atoms with Gasteiger partial charge in [0.1, 0.15) is 29.5 Å². The van der Waals surface area contributed by atoms with E-state index >= 15 is 0 Å². The summed E-state index contributed by atoms with van der Waals surface area (Å²) in [6.45, 7) is 0. The minimum Gasteiger partial charge on any atom is -0.497 e. The molecule has 0 aliphatic heterocycles. The zero-order chi connectivity index (χ0) is 19.3. The summed E-state index contributed by atoms with van der Waals surface area (Å²) in [5.41, 5.74) is 3.25. The molecule has 1 aromatic carbocycles. The molecule has 0 bridgehead atoms. The van der Waals surface area contributed by atoms with E-state index < -0.39 is 0 Å². The van der Waals surface area contributed by atoms with Crippen molar-refractivity contribution in [1.29, 1.82) is 0 Å². The first-order chi connectivity index (χ1) is 12.9. The van der Waals surface area contributed by atoms with Crippen LogP contribution in [0.15, 0.2) is 40.0 Å². The fraction of sp³-hybridized carbons (Fsp3) is 0.167. The third-order valence-electron chi connectivity index (χ3n) is 4.45. The van der Waals surface area contributed by atoms with Gasteiger partial charge in [-0.25, -0.2) is 9.97 Å². The van der Waals surface area contributed by atoms with Crippen molar-refractivity contribution in [3.63, 3.8) is 0 Å². The van der Waals surface area contributed by atoms with Crippen LogP contribution < -0.4 is 20.7 Å². The zero-order valence-electron chi connectivity index (χ0n) is 15.3. The van der Waals surface area contributed by atoms with Gasteiger partial charge in [-0.2, -0.15) is 0 Å². The Hall–Kier alpha value is -2.39. The molecular weight excluding hydrogens is 427 g/mol. The number of anilines is 1. The quantitative estimate of drug-likeness (QED) is 0.454. The van der Waals surface area contributed by atoms with Crippen molar-refractivity contribution in [3.8, 4) is 11.4 Å². The monoisotopic (exact) mass is 442 g/mol. The van der Waals surface area contributed by atoms with Gasteiger partial charge in [0.15, 0.2) is 0 Å². The lowest BCUT2D eigenvalue weighted by atomic mass is 9.93. The SMILES string of the molecule is Bc1cc(OC)cc(Br)c1-n1cnc2c(sc3nccc(N(C)C)c32)c1=O. The highest BCUT2D eigenvalue weighted by molar-refractivity contribution is 9.10. The summed E-state index contributed by atoms with van der Waals surface area (Å²) < 4.78 is 8.24. The molecule has 0 amide bonds. The molecular formula is C18H16BBrN4O2S. The molecule has 0 atom stereocenters. The Bertz CT molecular complexity index is 1230. The maximum atomic E-state index is 13.3. The van der Waals surface area contributed by atoms with Gasteiger partial charge in [0.2, 0.25) is 0 Å². The molecule has 3 aromatic heterocycles. The summed E-state index contributed by atoms with van der Waals surface area (Å²) in [6, 6.07) is 5.68. The third-order valence-corrected chi connectivity index (χ3v) is 6.13. The van der Waals surface area contributed by atoms with E-state index in [9.17, 15) is 4.79 Å². The van der Waals surface area contributed by atoms with Crippen LogP contribution in [0, 0.1) is 0 Å². The number of rotatable bonds is 3. The lowest BCUT2D eigenvalue weighted by Gasteiger charge is -2.14. The van der Waals surface area contributed by atoms with Gasteiger partial charge in [0.25, 0.3) is 5.56 Å². The lowest BCUT2D eigenvalue weighted by Crippen LogP contribution is -2.24. The van der Waals surface area contributed by atoms with Crippen molar-refractivity contribution >= 4 is 66.7 Å². The van der Waals surface area contributed by atoms with Crippen molar-refractivity contribution in [2.45, 2.75) is 0 Å². The average Bonchev–Trinajstić information content (AvgIpc) is 3.02. The second-order valence-electron chi connectivity index (χ2n) is 6.38. The van der Waals surface area contributed by atoms with E-state index in [1.54, 1.807) is 24.2 Å². The molecule has 0 saturated heterocycles. The van der Waals surface area contributed by atoms with Crippen LogP contribution in [0.2, 0.25) is 0 Å². The number of thiophene rings is 1. The van der Waals surface area contributed by atoms with Crippen LogP contribution in [0.5, 0.6) is 5.75 Å². The van der Waals surface area contributed by atoms with Crippen LogP contribution in [0.1, 0.15) is 0 Å². The normalized spacial score (nSPS) is 11.3. The molecule has 4 aromatic rings. The molecule has 3 heterocycles. The molecule has 136 valence electrons. The Morgan fingerprint density at radius 1 is 1.30 bits per heavy atom. The summed E-state index contributed by atoms with van der Waals surface area (Å²) in [6.07, 6.45) is 3.35. The van der Waals surface area contributed by atoms with Gasteiger partial charge in [0, 0.05) is 24.8 Å². The van der Waals surface area contributed by atoms with Crippen molar-refractivity contribution in [3.05, 3.63) is 45.5 Å². The maximum Gasteiger partial charge on any atom is 0.275 e. The Labute approximate surface area is 169 Å². The van der Waals surface area contributed by atoms with Gasteiger partial charge in [-0.05, 0) is 34.1 Å². The Morgan fingerprint density at radius 3 is 2.74 bits per heavy atom. The Morgan fingerprint density at radius 2 is 2.07 bits per heavy atom. The fourth-order valence-corrected chi connectivity index (χ4v) is 4.97. The highest BCUT2D eigenvalue weighted by atomic mass is 79.9. The molecule has 0 saturated carbocycles. The largest absolute Gasteiger partial charge is 0.497 e. The maximum absolute atomic E-state index is 13.3. The van der Waals surface area contributed by atoms with Gasteiger partial charge >= 0.3 is 0 Å². The van der Waals surface area contributed by atoms with E-state index in [0.29, 0.717) is 10.2 Å². The third kappa shape index (κ3) is 2.81. The van der Waals surface area contributed by atoms with Crippen LogP contribution in [0.4, 0.5) is 5.69 Å². The van der Waals surface area contributed by atoms with Crippen LogP contribution in [0.3, 0.4) is 0 Å². The summed E-state index contributed by atoms with van der Waals surface area (Å²) >= 11 is 4.93. The molecule has 0 fully saturated rings. The van der Waals surface area contributed by atoms with E-state index in [-0.39, 0.29) is 5.56 Å². The first-order valence-electron chi connectivity index (χ1n) is 8.23. The molecule has 9 heteroatoms. The zero-order valence-corrected chi connectivity index (χ0v) is 17.7. The second kappa shape index (κ2) is 6.65. The molecule has 0 radical (unpaired) electrons. The van der Waals surface area contributed by atoms with Crippen molar-refractivity contribution in [1.82, 2.24) is 14.5 Å². The number of aromatic nitrogens is 3. The molecule has 27 heavy (non-hydrogen) atoms. The molecule has 0 aliphatic rings. The summed E-state index contributed by atoms with van der Waals surface area (Å²) in [4.78, 5) is 25.2. The van der Waals surface area contributed by atoms with Gasteiger partial charge in [-0.3, -0.25) is 9.36 Å². The van der Waals surface area contributed by atoms with Gasteiger partial charge in [-0.1, -0.05) is 5.46 Å². The number of hydrogen-bond acceptors (Lipinski definition) is 6. The molecule has 0 spiro atoms. The van der Waals surface area contributed by atoms with Crippen LogP contribution in [-0.2, 0) is 0 Å². The number of pyridine rings is 1. The second-order valence-corrected chi connectivity index (χ2v) is 8.23. The van der Waals surface area contributed by atoms with Crippen LogP contribution in [-0.4, -0.2) is 43.6 Å².